The fourth-order valence-electron chi connectivity index (χ4n) is 2.03. The van der Waals surface area contributed by atoms with Crippen LogP contribution in [0.1, 0.15) is 27.2 Å². The van der Waals surface area contributed by atoms with Crippen molar-refractivity contribution in [1.29, 1.82) is 5.26 Å². The first kappa shape index (κ1) is 21.3. The van der Waals surface area contributed by atoms with E-state index in [2.05, 4.69) is 10.3 Å². The van der Waals surface area contributed by atoms with Crippen LogP contribution in [0.2, 0.25) is 0 Å². The highest BCUT2D eigenvalue weighted by molar-refractivity contribution is 7.99. The van der Waals surface area contributed by atoms with Crippen molar-refractivity contribution in [3.8, 4) is 6.07 Å². The summed E-state index contributed by atoms with van der Waals surface area (Å²) in [5, 5.41) is 11.3. The summed E-state index contributed by atoms with van der Waals surface area (Å²) in [5.41, 5.74) is 0.527. The second-order valence-electron chi connectivity index (χ2n) is 5.48. The zero-order valence-corrected chi connectivity index (χ0v) is 15.5. The molecule has 0 spiro atoms. The number of hydrogen-bond acceptors (Lipinski definition) is 7. The molecule has 0 radical (unpaired) electrons. The van der Waals surface area contributed by atoms with E-state index in [1.807, 2.05) is 6.07 Å². The molecule has 0 aliphatic carbocycles. The number of ether oxygens (including phenoxy) is 1. The SMILES string of the molecule is Cc1oc(NC(=O)COC(=O)c2cccnc2SCC(F)(F)F)c(C#N)c1C. The first-order valence-electron chi connectivity index (χ1n) is 7.74. The highest BCUT2D eigenvalue weighted by Crippen LogP contribution is 2.28. The quantitative estimate of drug-likeness (QED) is 0.570. The Morgan fingerprint density at radius 2 is 2.11 bits per heavy atom. The topological polar surface area (TPSA) is 105 Å². The van der Waals surface area contributed by atoms with Gasteiger partial charge in [-0.05, 0) is 26.0 Å². The van der Waals surface area contributed by atoms with Crippen LogP contribution in [0.3, 0.4) is 0 Å². The van der Waals surface area contributed by atoms with E-state index in [1.54, 1.807) is 13.8 Å². The number of carbonyl (C=O) groups is 2. The maximum absolute atomic E-state index is 12.4. The molecule has 2 heterocycles. The lowest BCUT2D eigenvalue weighted by Gasteiger charge is -2.09. The molecular formula is C17H14F3N3O4S. The number of thioether (sulfide) groups is 1. The van der Waals surface area contributed by atoms with E-state index in [9.17, 15) is 22.8 Å². The molecule has 11 heteroatoms. The third-order valence-corrected chi connectivity index (χ3v) is 4.52. The maximum Gasteiger partial charge on any atom is 0.398 e. The van der Waals surface area contributed by atoms with Gasteiger partial charge in [0.15, 0.2) is 6.61 Å². The number of rotatable bonds is 6. The summed E-state index contributed by atoms with van der Waals surface area (Å²) in [6, 6.07) is 4.51. The summed E-state index contributed by atoms with van der Waals surface area (Å²) >= 11 is 0.340. The number of nitrogens with one attached hydrogen (secondary N) is 1. The Morgan fingerprint density at radius 3 is 2.75 bits per heavy atom. The number of anilines is 1. The van der Waals surface area contributed by atoms with Crippen LogP contribution in [0, 0.1) is 25.2 Å². The number of aryl methyl sites for hydroxylation is 1. The fourth-order valence-corrected chi connectivity index (χ4v) is 2.78. The molecule has 0 aliphatic heterocycles. The Hall–Kier alpha value is -3.00. The lowest BCUT2D eigenvalue weighted by Crippen LogP contribution is -2.21. The molecule has 0 saturated carbocycles. The molecule has 148 valence electrons. The van der Waals surface area contributed by atoms with Crippen molar-refractivity contribution >= 4 is 29.5 Å². The molecule has 0 fully saturated rings. The minimum atomic E-state index is -4.43. The second kappa shape index (κ2) is 8.79. The Labute approximate surface area is 161 Å². The third-order valence-electron chi connectivity index (χ3n) is 3.45. The van der Waals surface area contributed by atoms with Gasteiger partial charge in [0, 0.05) is 11.8 Å². The highest BCUT2D eigenvalue weighted by atomic mass is 32.2. The number of carbonyl (C=O) groups excluding carboxylic acids is 2. The normalized spacial score (nSPS) is 11.0. The Bertz CT molecular complexity index is 935. The van der Waals surface area contributed by atoms with E-state index >= 15 is 0 Å². The number of alkyl halides is 3. The van der Waals surface area contributed by atoms with Crippen LogP contribution >= 0.6 is 11.8 Å². The zero-order chi connectivity index (χ0) is 20.9. The molecule has 7 nitrogen and oxygen atoms in total. The summed E-state index contributed by atoms with van der Waals surface area (Å²) in [6.07, 6.45) is -3.19. The van der Waals surface area contributed by atoms with Gasteiger partial charge < -0.3 is 9.15 Å². The van der Waals surface area contributed by atoms with Crippen LogP contribution in [0.5, 0.6) is 0 Å². The smallest absolute Gasteiger partial charge is 0.398 e. The molecule has 2 aromatic heterocycles. The van der Waals surface area contributed by atoms with Crippen molar-refractivity contribution in [3.63, 3.8) is 0 Å². The number of esters is 1. The molecule has 0 atom stereocenters. The van der Waals surface area contributed by atoms with Crippen LogP contribution in [-0.4, -0.2) is 35.4 Å². The Kier molecular flexibility index (Phi) is 6.69. The number of aromatic nitrogens is 1. The van der Waals surface area contributed by atoms with E-state index in [4.69, 9.17) is 14.4 Å². The molecular weight excluding hydrogens is 399 g/mol. The van der Waals surface area contributed by atoms with Crippen molar-refractivity contribution < 1.29 is 31.9 Å². The minimum Gasteiger partial charge on any atom is -0.452 e. The van der Waals surface area contributed by atoms with Gasteiger partial charge in [-0.2, -0.15) is 18.4 Å². The summed E-state index contributed by atoms with van der Waals surface area (Å²) in [6.45, 7) is 2.55. The average molecular weight is 413 g/mol. The molecule has 2 aromatic rings. The van der Waals surface area contributed by atoms with Gasteiger partial charge in [0.25, 0.3) is 5.91 Å². The molecule has 28 heavy (non-hydrogen) atoms. The van der Waals surface area contributed by atoms with Gasteiger partial charge in [0.05, 0.1) is 11.3 Å². The van der Waals surface area contributed by atoms with Gasteiger partial charge in [-0.15, -0.1) is 0 Å². The number of furan rings is 1. The molecule has 1 N–H and O–H groups in total. The zero-order valence-electron chi connectivity index (χ0n) is 14.7. The monoisotopic (exact) mass is 413 g/mol. The third kappa shape index (κ3) is 5.50. The van der Waals surface area contributed by atoms with Gasteiger partial charge >= 0.3 is 12.1 Å². The summed E-state index contributed by atoms with van der Waals surface area (Å²) in [5.74, 6) is -2.61. The van der Waals surface area contributed by atoms with Gasteiger partial charge in [-0.3, -0.25) is 10.1 Å². The Balaban J connectivity index is 2.00. The number of nitriles is 1. The van der Waals surface area contributed by atoms with Crippen LogP contribution in [0.25, 0.3) is 0 Å². The van der Waals surface area contributed by atoms with Crippen molar-refractivity contribution in [2.24, 2.45) is 0 Å². The van der Waals surface area contributed by atoms with E-state index in [0.717, 1.165) is 0 Å². The van der Waals surface area contributed by atoms with Crippen LogP contribution < -0.4 is 5.32 Å². The molecule has 0 unspecified atom stereocenters. The second-order valence-corrected chi connectivity index (χ2v) is 6.45. The molecule has 0 bridgehead atoms. The maximum atomic E-state index is 12.4. The number of pyridine rings is 1. The van der Waals surface area contributed by atoms with E-state index in [-0.39, 0.29) is 22.0 Å². The molecule has 0 aromatic carbocycles. The molecule has 0 saturated heterocycles. The van der Waals surface area contributed by atoms with E-state index in [0.29, 0.717) is 23.1 Å². The number of hydrogen-bond donors (Lipinski definition) is 1. The standard InChI is InChI=1S/C17H14F3N3O4S/c1-9-10(2)27-14(12(9)6-21)23-13(24)7-26-16(25)11-4-3-5-22-15(11)28-8-17(18,19)20/h3-5H,7-8H2,1-2H3,(H,23,24). The van der Waals surface area contributed by atoms with Crippen molar-refractivity contribution in [2.75, 3.05) is 17.7 Å². The molecule has 1 amide bonds. The van der Waals surface area contributed by atoms with Crippen molar-refractivity contribution in [3.05, 3.63) is 40.8 Å². The minimum absolute atomic E-state index is 0.0682. The molecule has 0 aliphatic rings. The van der Waals surface area contributed by atoms with Gasteiger partial charge in [0.1, 0.15) is 22.4 Å². The van der Waals surface area contributed by atoms with Crippen LogP contribution in [0.4, 0.5) is 19.1 Å². The van der Waals surface area contributed by atoms with Crippen LogP contribution in [-0.2, 0) is 9.53 Å². The first-order valence-corrected chi connectivity index (χ1v) is 8.72. The highest BCUT2D eigenvalue weighted by Gasteiger charge is 2.29. The summed E-state index contributed by atoms with van der Waals surface area (Å²) in [7, 11) is 0. The largest absolute Gasteiger partial charge is 0.452 e. The number of amides is 1. The Morgan fingerprint density at radius 1 is 1.39 bits per heavy atom. The van der Waals surface area contributed by atoms with Gasteiger partial charge in [-0.1, -0.05) is 11.8 Å². The van der Waals surface area contributed by atoms with Gasteiger partial charge in [-0.25, -0.2) is 9.78 Å². The van der Waals surface area contributed by atoms with Crippen molar-refractivity contribution in [1.82, 2.24) is 4.98 Å². The predicted octanol–water partition coefficient (Wildman–Crippen LogP) is 3.61. The number of nitrogens with zero attached hydrogens (tertiary/aromatic N) is 2. The predicted molar refractivity (Wildman–Crippen MR) is 92.8 cm³/mol. The average Bonchev–Trinajstić information content (AvgIpc) is 2.90. The number of halogens is 3. The van der Waals surface area contributed by atoms with Gasteiger partial charge in [0.2, 0.25) is 5.88 Å². The first-order chi connectivity index (χ1) is 13.1. The van der Waals surface area contributed by atoms with Crippen molar-refractivity contribution in [2.45, 2.75) is 25.0 Å². The summed E-state index contributed by atoms with van der Waals surface area (Å²) < 4.78 is 47.2. The lowest BCUT2D eigenvalue weighted by molar-refractivity contribution is -0.119. The fraction of sp³-hybridized carbons (Fsp3) is 0.294. The lowest BCUT2D eigenvalue weighted by atomic mass is 10.2. The van der Waals surface area contributed by atoms with E-state index in [1.165, 1.54) is 18.3 Å². The van der Waals surface area contributed by atoms with E-state index < -0.39 is 30.4 Å². The molecule has 2 rings (SSSR count). The van der Waals surface area contributed by atoms with Crippen LogP contribution in [0.15, 0.2) is 27.8 Å². The summed E-state index contributed by atoms with van der Waals surface area (Å²) in [4.78, 5) is 27.8.